The van der Waals surface area contributed by atoms with Crippen molar-refractivity contribution in [2.75, 3.05) is 14.2 Å². The van der Waals surface area contributed by atoms with E-state index in [2.05, 4.69) is 109 Å². The molecule has 5 aromatic carbocycles. The highest BCUT2D eigenvalue weighted by Gasteiger charge is 2.45. The van der Waals surface area contributed by atoms with Gasteiger partial charge in [-0.2, -0.15) is 0 Å². The van der Waals surface area contributed by atoms with E-state index in [9.17, 15) is 0 Å². The van der Waals surface area contributed by atoms with Crippen molar-refractivity contribution in [1.29, 1.82) is 0 Å². The first-order chi connectivity index (χ1) is 17.8. The average molecular weight is 467 g/mol. The van der Waals surface area contributed by atoms with Crippen LogP contribution in [-0.2, 0) is 0 Å². The fraction of sp³-hybridized carbons (Fsp3) is 0.118. The fourth-order valence-corrected chi connectivity index (χ4v) is 6.49. The first kappa shape index (κ1) is 21.0. The van der Waals surface area contributed by atoms with Gasteiger partial charge in [-0.05, 0) is 56.6 Å². The van der Waals surface area contributed by atoms with Gasteiger partial charge in [-0.25, -0.2) is 0 Å². The largest absolute Gasteiger partial charge is 0.496 e. The summed E-state index contributed by atoms with van der Waals surface area (Å²) in [5, 5.41) is 0. The minimum absolute atomic E-state index is 0.0796. The second-order valence-electron chi connectivity index (χ2n) is 9.52. The fourth-order valence-electron chi connectivity index (χ4n) is 6.49. The Hall–Kier alpha value is -4.30. The van der Waals surface area contributed by atoms with Gasteiger partial charge in [0.05, 0.1) is 14.2 Å². The van der Waals surface area contributed by atoms with E-state index in [-0.39, 0.29) is 11.8 Å². The molecule has 0 aliphatic heterocycles. The maximum atomic E-state index is 6.13. The van der Waals surface area contributed by atoms with Gasteiger partial charge in [0.25, 0.3) is 0 Å². The van der Waals surface area contributed by atoms with Gasteiger partial charge in [0.15, 0.2) is 0 Å². The van der Waals surface area contributed by atoms with Crippen LogP contribution in [0.5, 0.6) is 11.5 Å². The highest BCUT2D eigenvalue weighted by molar-refractivity contribution is 5.94. The van der Waals surface area contributed by atoms with Crippen molar-refractivity contribution in [2.24, 2.45) is 0 Å². The predicted octanol–water partition coefficient (Wildman–Crippen LogP) is 8.03. The number of rotatable bonds is 4. The van der Waals surface area contributed by atoms with Crippen LogP contribution in [-0.4, -0.2) is 14.2 Å². The Morgan fingerprint density at radius 3 is 1.64 bits per heavy atom. The summed E-state index contributed by atoms with van der Waals surface area (Å²) in [4.78, 5) is 0. The molecule has 2 nitrogen and oxygen atoms in total. The van der Waals surface area contributed by atoms with Gasteiger partial charge in [-0.3, -0.25) is 0 Å². The SMILES string of the molecule is COc1cc2c(c(-c3ccccc3)c1-c1ccccc1)C1c3ccccc3C2c2cccc(OC)c21. The van der Waals surface area contributed by atoms with Crippen LogP contribution in [0.15, 0.2) is 109 Å². The second-order valence-corrected chi connectivity index (χ2v) is 9.52. The molecule has 0 radical (unpaired) electrons. The van der Waals surface area contributed by atoms with Crippen LogP contribution in [0.4, 0.5) is 0 Å². The minimum Gasteiger partial charge on any atom is -0.496 e. The lowest BCUT2D eigenvalue weighted by Crippen LogP contribution is -2.29. The zero-order chi connectivity index (χ0) is 24.2. The quantitative estimate of drug-likeness (QED) is 0.261. The Balaban J connectivity index is 1.66. The summed E-state index contributed by atoms with van der Waals surface area (Å²) in [7, 11) is 3.57. The van der Waals surface area contributed by atoms with Crippen LogP contribution in [0.1, 0.15) is 45.2 Å². The van der Waals surface area contributed by atoms with Gasteiger partial charge in [0.1, 0.15) is 11.5 Å². The molecule has 174 valence electrons. The van der Waals surface area contributed by atoms with Gasteiger partial charge < -0.3 is 9.47 Å². The maximum Gasteiger partial charge on any atom is 0.127 e. The molecule has 0 fully saturated rings. The third-order valence-electron chi connectivity index (χ3n) is 7.85. The number of hydrogen-bond acceptors (Lipinski definition) is 2. The van der Waals surface area contributed by atoms with Crippen molar-refractivity contribution in [3.63, 3.8) is 0 Å². The molecule has 2 bridgehead atoms. The Kier molecular flexibility index (Phi) is 4.75. The van der Waals surface area contributed by atoms with E-state index in [1.54, 1.807) is 14.2 Å². The Morgan fingerprint density at radius 1 is 0.444 bits per heavy atom. The van der Waals surface area contributed by atoms with Crippen molar-refractivity contribution in [2.45, 2.75) is 11.8 Å². The first-order valence-electron chi connectivity index (χ1n) is 12.4. The van der Waals surface area contributed by atoms with Crippen molar-refractivity contribution < 1.29 is 9.47 Å². The molecular weight excluding hydrogens is 440 g/mol. The molecule has 0 heterocycles. The summed E-state index contributed by atoms with van der Waals surface area (Å²) >= 11 is 0. The van der Waals surface area contributed by atoms with Gasteiger partial charge in [-0.15, -0.1) is 0 Å². The van der Waals surface area contributed by atoms with Crippen LogP contribution in [0.2, 0.25) is 0 Å². The molecule has 2 atom stereocenters. The molecule has 0 aromatic heterocycles. The molecule has 8 rings (SSSR count). The van der Waals surface area contributed by atoms with Crippen molar-refractivity contribution in [1.82, 2.24) is 0 Å². The lowest BCUT2D eigenvalue weighted by molar-refractivity contribution is 0.405. The molecule has 36 heavy (non-hydrogen) atoms. The maximum absolute atomic E-state index is 6.13. The standard InChI is InChI=1S/C34H26O2/c1-35-27-19-11-18-25-31-23-16-9-10-17-24(23)33(32(25)27)34-26(31)20-28(36-2)29(21-12-5-3-6-13-21)30(34)22-14-7-4-8-15-22/h3-20,31,33H,1-2H3. The van der Waals surface area contributed by atoms with Gasteiger partial charge in [0, 0.05) is 23.0 Å². The van der Waals surface area contributed by atoms with Crippen LogP contribution < -0.4 is 9.47 Å². The van der Waals surface area contributed by atoms with Gasteiger partial charge in [0.2, 0.25) is 0 Å². The number of methoxy groups -OCH3 is 2. The lowest BCUT2D eigenvalue weighted by Gasteiger charge is -2.44. The minimum atomic E-state index is 0.0796. The Labute approximate surface area is 211 Å². The van der Waals surface area contributed by atoms with Crippen molar-refractivity contribution >= 4 is 0 Å². The summed E-state index contributed by atoms with van der Waals surface area (Å²) in [6, 6.07) is 39.1. The highest BCUT2D eigenvalue weighted by atomic mass is 16.5. The van der Waals surface area contributed by atoms with Crippen molar-refractivity contribution in [3.8, 4) is 33.8 Å². The molecule has 0 N–H and O–H groups in total. The molecule has 5 aromatic rings. The molecule has 3 aliphatic carbocycles. The predicted molar refractivity (Wildman–Crippen MR) is 145 cm³/mol. The number of benzene rings is 5. The Morgan fingerprint density at radius 2 is 1.00 bits per heavy atom. The molecule has 0 spiro atoms. The van der Waals surface area contributed by atoms with E-state index in [1.165, 1.54) is 44.5 Å². The molecule has 0 saturated heterocycles. The lowest BCUT2D eigenvalue weighted by atomic mass is 9.59. The zero-order valence-corrected chi connectivity index (χ0v) is 20.4. The van der Waals surface area contributed by atoms with E-state index < -0.39 is 0 Å². The van der Waals surface area contributed by atoms with Crippen molar-refractivity contribution in [3.05, 3.63) is 143 Å². The Bertz CT molecular complexity index is 1600. The topological polar surface area (TPSA) is 18.5 Å². The first-order valence-corrected chi connectivity index (χ1v) is 12.4. The number of ether oxygens (including phenoxy) is 2. The summed E-state index contributed by atoms with van der Waals surface area (Å²) in [5.74, 6) is 2.08. The monoisotopic (exact) mass is 466 g/mol. The average Bonchev–Trinajstić information content (AvgIpc) is 2.96. The second kappa shape index (κ2) is 8.13. The summed E-state index contributed by atoms with van der Waals surface area (Å²) in [5.41, 5.74) is 12.8. The van der Waals surface area contributed by atoms with E-state index in [4.69, 9.17) is 9.47 Å². The third kappa shape index (κ3) is 2.85. The molecule has 2 unspecified atom stereocenters. The van der Waals surface area contributed by atoms with Crippen LogP contribution in [0.3, 0.4) is 0 Å². The van der Waals surface area contributed by atoms with E-state index >= 15 is 0 Å². The van der Waals surface area contributed by atoms with Crippen LogP contribution >= 0.6 is 0 Å². The molecule has 3 aliphatic rings. The molecule has 2 heteroatoms. The molecular formula is C34H26O2. The van der Waals surface area contributed by atoms with Gasteiger partial charge >= 0.3 is 0 Å². The summed E-state index contributed by atoms with van der Waals surface area (Å²) in [6.07, 6.45) is 0. The van der Waals surface area contributed by atoms with E-state index in [1.807, 2.05) is 0 Å². The summed E-state index contributed by atoms with van der Waals surface area (Å²) in [6.45, 7) is 0. The van der Waals surface area contributed by atoms with E-state index in [0.717, 1.165) is 22.6 Å². The highest BCUT2D eigenvalue weighted by Crippen LogP contribution is 2.62. The normalized spacial score (nSPS) is 16.6. The molecule has 0 amide bonds. The number of hydrogen-bond donors (Lipinski definition) is 0. The smallest absolute Gasteiger partial charge is 0.127 e. The zero-order valence-electron chi connectivity index (χ0n) is 20.4. The summed E-state index contributed by atoms with van der Waals surface area (Å²) < 4.78 is 12.1. The van der Waals surface area contributed by atoms with E-state index in [0.29, 0.717) is 0 Å². The molecule has 0 saturated carbocycles. The van der Waals surface area contributed by atoms with Gasteiger partial charge in [-0.1, -0.05) is 97.1 Å². The van der Waals surface area contributed by atoms with Crippen LogP contribution in [0, 0.1) is 0 Å². The third-order valence-corrected chi connectivity index (χ3v) is 7.85. The van der Waals surface area contributed by atoms with Crippen LogP contribution in [0.25, 0.3) is 22.3 Å².